The Balaban J connectivity index is 2.11. The number of nitrogens with one attached hydrogen (secondary N) is 1. The summed E-state index contributed by atoms with van der Waals surface area (Å²) >= 11 is 0. The zero-order chi connectivity index (χ0) is 13.7. The van der Waals surface area contributed by atoms with Gasteiger partial charge in [-0.05, 0) is 29.8 Å². The predicted octanol–water partition coefficient (Wildman–Crippen LogP) is 2.19. The number of hydrogen-bond donors (Lipinski definition) is 2. The first-order valence-electron chi connectivity index (χ1n) is 5.75. The van der Waals surface area contributed by atoms with Crippen LogP contribution in [0, 0.1) is 0 Å². The molecule has 0 fully saturated rings. The van der Waals surface area contributed by atoms with E-state index in [1.54, 1.807) is 24.5 Å². The lowest BCUT2D eigenvalue weighted by atomic mass is 10.1. The fourth-order valence-corrected chi connectivity index (χ4v) is 1.64. The number of carbonyl (C=O) groups excluding carboxylic acids is 1. The number of nitrogens with zero attached hydrogens (tertiary/aromatic N) is 1. The van der Waals surface area contributed by atoms with Crippen LogP contribution in [-0.2, 0) is 11.3 Å². The molecular formula is C14H14N2O3. The monoisotopic (exact) mass is 258 g/mol. The number of aromatic hydroxyl groups is 1. The number of phenols is 1. The molecular weight excluding hydrogens is 244 g/mol. The summed E-state index contributed by atoms with van der Waals surface area (Å²) in [5.41, 5.74) is 1.91. The van der Waals surface area contributed by atoms with Crippen LogP contribution in [0.5, 0.6) is 5.75 Å². The number of ether oxygens (including phenoxy) is 1. The fourth-order valence-electron chi connectivity index (χ4n) is 1.64. The molecule has 0 radical (unpaired) electrons. The lowest BCUT2D eigenvalue weighted by Crippen LogP contribution is -2.05. The van der Waals surface area contributed by atoms with Crippen LogP contribution in [0.4, 0.5) is 5.69 Å². The molecule has 0 unspecified atom stereocenters. The highest BCUT2D eigenvalue weighted by molar-refractivity contribution is 5.92. The van der Waals surface area contributed by atoms with Gasteiger partial charge in [-0.3, -0.25) is 4.98 Å². The molecule has 1 aromatic carbocycles. The van der Waals surface area contributed by atoms with Crippen molar-refractivity contribution in [3.05, 3.63) is 53.9 Å². The second-order valence-electron chi connectivity index (χ2n) is 3.94. The Bertz CT molecular complexity index is 570. The third-order valence-corrected chi connectivity index (χ3v) is 2.62. The highest BCUT2D eigenvalue weighted by Gasteiger charge is 2.11. The molecule has 0 bridgehead atoms. The van der Waals surface area contributed by atoms with Crippen LogP contribution in [0.3, 0.4) is 0 Å². The second-order valence-corrected chi connectivity index (χ2v) is 3.94. The number of rotatable bonds is 4. The van der Waals surface area contributed by atoms with Gasteiger partial charge in [-0.2, -0.15) is 0 Å². The van der Waals surface area contributed by atoms with Crippen molar-refractivity contribution in [2.24, 2.45) is 0 Å². The summed E-state index contributed by atoms with van der Waals surface area (Å²) in [6, 6.07) is 8.55. The van der Waals surface area contributed by atoms with E-state index >= 15 is 0 Å². The molecule has 0 aliphatic rings. The fraction of sp³-hybridized carbons (Fsp3) is 0.143. The highest BCUT2D eigenvalue weighted by atomic mass is 16.5. The summed E-state index contributed by atoms with van der Waals surface area (Å²) in [5.74, 6) is -0.641. The van der Waals surface area contributed by atoms with Crippen LogP contribution in [0.2, 0.25) is 0 Å². The van der Waals surface area contributed by atoms with Gasteiger partial charge < -0.3 is 15.2 Å². The van der Waals surface area contributed by atoms with Crippen molar-refractivity contribution in [3.63, 3.8) is 0 Å². The Labute approximate surface area is 110 Å². The van der Waals surface area contributed by atoms with Gasteiger partial charge in [-0.1, -0.05) is 6.07 Å². The zero-order valence-corrected chi connectivity index (χ0v) is 10.5. The Morgan fingerprint density at radius 1 is 1.42 bits per heavy atom. The summed E-state index contributed by atoms with van der Waals surface area (Å²) in [6.07, 6.45) is 3.41. The summed E-state index contributed by atoms with van der Waals surface area (Å²) in [7, 11) is 1.28. The maximum absolute atomic E-state index is 11.4. The van der Waals surface area contributed by atoms with Gasteiger partial charge in [0, 0.05) is 18.9 Å². The second kappa shape index (κ2) is 5.86. The maximum Gasteiger partial charge on any atom is 0.341 e. The number of phenolic OH excluding ortho intramolecular Hbond substituents is 1. The molecule has 0 aliphatic heterocycles. The van der Waals surface area contributed by atoms with Gasteiger partial charge in [0.05, 0.1) is 12.8 Å². The molecule has 5 nitrogen and oxygen atoms in total. The molecule has 2 rings (SSSR count). The summed E-state index contributed by atoms with van der Waals surface area (Å²) in [5, 5.41) is 12.8. The van der Waals surface area contributed by atoms with Crippen LogP contribution in [0.25, 0.3) is 0 Å². The van der Waals surface area contributed by atoms with Crippen LogP contribution in [-0.4, -0.2) is 23.2 Å². The summed E-state index contributed by atoms with van der Waals surface area (Å²) in [4.78, 5) is 15.4. The van der Waals surface area contributed by atoms with Gasteiger partial charge in [0.2, 0.25) is 0 Å². The average molecular weight is 258 g/mol. The molecule has 5 heteroatoms. The smallest absolute Gasteiger partial charge is 0.341 e. The van der Waals surface area contributed by atoms with Crippen molar-refractivity contribution in [2.75, 3.05) is 12.4 Å². The standard InChI is InChI=1S/C14H14N2O3/c1-19-14(18)12-7-10(4-5-13(12)17)8-16-11-3-2-6-15-9-11/h2-7,9,16-17H,8H2,1H3. The first kappa shape index (κ1) is 12.9. The molecule has 0 atom stereocenters. The molecule has 2 N–H and O–H groups in total. The number of carbonyl (C=O) groups is 1. The normalized spacial score (nSPS) is 9.95. The van der Waals surface area contributed by atoms with E-state index < -0.39 is 5.97 Å². The van der Waals surface area contributed by atoms with Crippen LogP contribution in [0.15, 0.2) is 42.7 Å². The number of benzene rings is 1. The molecule has 0 saturated carbocycles. The maximum atomic E-state index is 11.4. The minimum Gasteiger partial charge on any atom is -0.507 e. The summed E-state index contributed by atoms with van der Waals surface area (Å²) < 4.78 is 4.61. The van der Waals surface area contributed by atoms with Crippen LogP contribution < -0.4 is 5.32 Å². The zero-order valence-electron chi connectivity index (χ0n) is 10.5. The van der Waals surface area contributed by atoms with Gasteiger partial charge >= 0.3 is 5.97 Å². The minimum absolute atomic E-state index is 0.0861. The molecule has 19 heavy (non-hydrogen) atoms. The number of anilines is 1. The van der Waals surface area contributed by atoms with Crippen molar-refractivity contribution in [2.45, 2.75) is 6.54 Å². The van der Waals surface area contributed by atoms with Gasteiger partial charge in [-0.15, -0.1) is 0 Å². The molecule has 1 heterocycles. The minimum atomic E-state index is -0.555. The van der Waals surface area contributed by atoms with Gasteiger partial charge in [0.1, 0.15) is 11.3 Å². The van der Waals surface area contributed by atoms with E-state index in [1.807, 2.05) is 12.1 Å². The van der Waals surface area contributed by atoms with Crippen LogP contribution >= 0.6 is 0 Å². The van der Waals surface area contributed by atoms with E-state index in [-0.39, 0.29) is 11.3 Å². The lowest BCUT2D eigenvalue weighted by molar-refractivity contribution is 0.0597. The lowest BCUT2D eigenvalue weighted by Gasteiger charge is -2.08. The predicted molar refractivity (Wildman–Crippen MR) is 71.0 cm³/mol. The quantitative estimate of drug-likeness (QED) is 0.822. The van der Waals surface area contributed by atoms with E-state index in [9.17, 15) is 9.90 Å². The van der Waals surface area contributed by atoms with E-state index in [4.69, 9.17) is 0 Å². The topological polar surface area (TPSA) is 71.5 Å². The van der Waals surface area contributed by atoms with Crippen molar-refractivity contribution < 1.29 is 14.6 Å². The molecule has 0 aliphatic carbocycles. The van der Waals surface area contributed by atoms with Gasteiger partial charge in [0.15, 0.2) is 0 Å². The van der Waals surface area contributed by atoms with Crippen molar-refractivity contribution in [3.8, 4) is 5.75 Å². The Hall–Kier alpha value is -2.56. The van der Waals surface area contributed by atoms with E-state index in [0.717, 1.165) is 11.3 Å². The SMILES string of the molecule is COC(=O)c1cc(CNc2cccnc2)ccc1O. The molecule has 98 valence electrons. The Kier molecular flexibility index (Phi) is 3.97. The third kappa shape index (κ3) is 3.22. The van der Waals surface area contributed by atoms with Crippen molar-refractivity contribution in [1.29, 1.82) is 0 Å². The molecule has 2 aromatic rings. The molecule has 0 saturated heterocycles. The van der Waals surface area contributed by atoms with Crippen LogP contribution in [0.1, 0.15) is 15.9 Å². The third-order valence-electron chi connectivity index (χ3n) is 2.62. The van der Waals surface area contributed by atoms with E-state index in [1.165, 1.54) is 13.2 Å². The Morgan fingerprint density at radius 3 is 2.95 bits per heavy atom. The van der Waals surface area contributed by atoms with Crippen molar-refractivity contribution >= 4 is 11.7 Å². The van der Waals surface area contributed by atoms with Gasteiger partial charge in [-0.25, -0.2) is 4.79 Å². The summed E-state index contributed by atoms with van der Waals surface area (Å²) in [6.45, 7) is 0.524. The largest absolute Gasteiger partial charge is 0.507 e. The van der Waals surface area contributed by atoms with Gasteiger partial charge in [0.25, 0.3) is 0 Å². The number of methoxy groups -OCH3 is 1. The number of pyridine rings is 1. The highest BCUT2D eigenvalue weighted by Crippen LogP contribution is 2.20. The first-order valence-corrected chi connectivity index (χ1v) is 5.75. The molecule has 1 aromatic heterocycles. The van der Waals surface area contributed by atoms with E-state index in [0.29, 0.717) is 6.54 Å². The number of hydrogen-bond acceptors (Lipinski definition) is 5. The molecule has 0 spiro atoms. The van der Waals surface area contributed by atoms with Crippen molar-refractivity contribution in [1.82, 2.24) is 4.98 Å². The Morgan fingerprint density at radius 2 is 2.26 bits per heavy atom. The number of aromatic nitrogens is 1. The average Bonchev–Trinajstić information content (AvgIpc) is 2.46. The first-order chi connectivity index (χ1) is 9.20. The molecule has 0 amide bonds. The van der Waals surface area contributed by atoms with E-state index in [2.05, 4.69) is 15.0 Å². The number of esters is 1.